The third-order valence-corrected chi connectivity index (χ3v) is 10.9. The van der Waals surface area contributed by atoms with Gasteiger partial charge in [-0.1, -0.05) is 32.9 Å². The quantitative estimate of drug-likeness (QED) is 0.307. The van der Waals surface area contributed by atoms with Crippen molar-refractivity contribution in [3.8, 4) is 23.3 Å². The van der Waals surface area contributed by atoms with E-state index in [1.54, 1.807) is 0 Å². The number of nitriles is 1. The van der Waals surface area contributed by atoms with Gasteiger partial charge in [-0.15, -0.1) is 11.3 Å². The molecule has 4 aromatic rings. The molecule has 3 fully saturated rings. The summed E-state index contributed by atoms with van der Waals surface area (Å²) in [6.07, 6.45) is 5.21. The number of piperazine rings is 1. The number of rotatable bonds is 4. The lowest BCUT2D eigenvalue weighted by Crippen LogP contribution is -2.54. The highest BCUT2D eigenvalue weighted by atomic mass is 32.1. The molecule has 0 radical (unpaired) electrons. The monoisotopic (exact) mass is 614 g/mol. The summed E-state index contributed by atoms with van der Waals surface area (Å²) in [5, 5.41) is 15.2. The summed E-state index contributed by atoms with van der Waals surface area (Å²) in [5.74, 6) is 0.435. The molecule has 1 unspecified atom stereocenters. The van der Waals surface area contributed by atoms with Crippen LogP contribution in [-0.2, 0) is 6.42 Å². The second kappa shape index (κ2) is 11.4. The first-order valence-electron chi connectivity index (χ1n) is 15.9. The zero-order chi connectivity index (χ0) is 30.6. The van der Waals surface area contributed by atoms with Crippen LogP contribution in [0.4, 0.5) is 15.2 Å². The normalized spacial score (nSPS) is 22.2. The Balaban J connectivity index is 0.00000153. The molecule has 4 aliphatic heterocycles. The fourth-order valence-electron chi connectivity index (χ4n) is 7.88. The summed E-state index contributed by atoms with van der Waals surface area (Å²) in [6.45, 7) is 11.3. The predicted molar refractivity (Wildman–Crippen MR) is 174 cm³/mol. The summed E-state index contributed by atoms with van der Waals surface area (Å²) < 4.78 is 24.1. The van der Waals surface area contributed by atoms with E-state index in [4.69, 9.17) is 25.4 Å². The van der Waals surface area contributed by atoms with Gasteiger partial charge < -0.3 is 20.7 Å². The minimum atomic E-state index is -0.522. The van der Waals surface area contributed by atoms with Gasteiger partial charge >= 0.3 is 6.01 Å². The van der Waals surface area contributed by atoms with Crippen molar-refractivity contribution < 1.29 is 9.13 Å². The average Bonchev–Trinajstić information content (AvgIpc) is 3.71. The number of pyridine rings is 1. The van der Waals surface area contributed by atoms with Crippen molar-refractivity contribution in [2.75, 3.05) is 50.0 Å². The average molecular weight is 615 g/mol. The van der Waals surface area contributed by atoms with Gasteiger partial charge in [0.2, 0.25) is 0 Å². The molecule has 0 bridgehead atoms. The Morgan fingerprint density at radius 3 is 2.73 bits per heavy atom. The molecule has 0 amide bonds. The number of thiophene rings is 1. The maximum Gasteiger partial charge on any atom is 0.319 e. The molecule has 7 heterocycles. The molecule has 230 valence electrons. The van der Waals surface area contributed by atoms with E-state index in [1.165, 1.54) is 24.2 Å². The summed E-state index contributed by atoms with van der Waals surface area (Å²) in [5.41, 5.74) is 8.33. The molecule has 44 heavy (non-hydrogen) atoms. The van der Waals surface area contributed by atoms with Crippen LogP contribution in [0.2, 0.25) is 0 Å². The number of aromatic nitrogens is 3. The highest BCUT2D eigenvalue weighted by Crippen LogP contribution is 2.44. The molecule has 3 saturated heterocycles. The molecule has 3 N–H and O–H groups in total. The maximum absolute atomic E-state index is 16.9. The number of halogens is 1. The molecule has 0 spiro atoms. The molecule has 4 aliphatic rings. The van der Waals surface area contributed by atoms with E-state index in [9.17, 15) is 5.26 Å². The zero-order valence-corrected chi connectivity index (χ0v) is 26.4. The lowest BCUT2D eigenvalue weighted by molar-refractivity contribution is 0.108. The summed E-state index contributed by atoms with van der Waals surface area (Å²) in [7, 11) is 0. The van der Waals surface area contributed by atoms with Gasteiger partial charge in [0.05, 0.1) is 22.2 Å². The van der Waals surface area contributed by atoms with Crippen LogP contribution in [0.3, 0.4) is 0 Å². The second-order valence-corrected chi connectivity index (χ2v) is 13.3. The third-order valence-electron chi connectivity index (χ3n) is 9.94. The smallest absolute Gasteiger partial charge is 0.319 e. The van der Waals surface area contributed by atoms with Gasteiger partial charge in [0.1, 0.15) is 34.7 Å². The van der Waals surface area contributed by atoms with Gasteiger partial charge in [-0.2, -0.15) is 15.2 Å². The molecule has 0 aliphatic carbocycles. The summed E-state index contributed by atoms with van der Waals surface area (Å²) >= 11 is 1.33. The van der Waals surface area contributed by atoms with E-state index in [1.807, 2.05) is 32.0 Å². The van der Waals surface area contributed by atoms with E-state index in [2.05, 4.69) is 28.1 Å². The Labute approximate surface area is 261 Å². The minimum absolute atomic E-state index is 0.0217. The van der Waals surface area contributed by atoms with Gasteiger partial charge in [-0.3, -0.25) is 4.90 Å². The number of ether oxygens (including phenoxy) is 1. The fourth-order valence-corrected chi connectivity index (χ4v) is 8.82. The van der Waals surface area contributed by atoms with Gasteiger partial charge in [0.25, 0.3) is 0 Å². The SMILES string of the molecule is CC.C[C@H]1Cc2nc(-c3cccc4sc(N)c(C#N)c34)c(F)c3nc(OCC45CCCN4CCC5)nc(c23)N2CCNCC12. The van der Waals surface area contributed by atoms with Gasteiger partial charge in [0.15, 0.2) is 5.82 Å². The van der Waals surface area contributed by atoms with Crippen LogP contribution in [0.15, 0.2) is 18.2 Å². The number of nitrogen functional groups attached to an aromatic ring is 1. The van der Waals surface area contributed by atoms with Crippen molar-refractivity contribution in [1.29, 1.82) is 5.26 Å². The van der Waals surface area contributed by atoms with E-state index < -0.39 is 5.82 Å². The molecule has 0 saturated carbocycles. The molecular weight excluding hydrogens is 575 g/mol. The van der Waals surface area contributed by atoms with Crippen LogP contribution < -0.4 is 20.7 Å². The highest BCUT2D eigenvalue weighted by molar-refractivity contribution is 7.23. The van der Waals surface area contributed by atoms with Crippen molar-refractivity contribution in [2.24, 2.45) is 5.92 Å². The minimum Gasteiger partial charge on any atom is -0.461 e. The van der Waals surface area contributed by atoms with Crippen LogP contribution in [0.25, 0.3) is 32.2 Å². The number of nitrogens with zero attached hydrogens (tertiary/aromatic N) is 6. The van der Waals surface area contributed by atoms with Crippen LogP contribution in [0, 0.1) is 23.1 Å². The van der Waals surface area contributed by atoms with Crippen LogP contribution in [0.1, 0.15) is 57.7 Å². The topological polar surface area (TPSA) is 116 Å². The van der Waals surface area contributed by atoms with Crippen molar-refractivity contribution in [1.82, 2.24) is 25.2 Å². The number of anilines is 2. The van der Waals surface area contributed by atoms with E-state index >= 15 is 4.39 Å². The lowest BCUT2D eigenvalue weighted by Gasteiger charge is -2.39. The van der Waals surface area contributed by atoms with Crippen molar-refractivity contribution in [3.05, 3.63) is 35.3 Å². The predicted octanol–water partition coefficient (Wildman–Crippen LogP) is 5.50. The van der Waals surface area contributed by atoms with Crippen molar-refractivity contribution >= 4 is 43.1 Å². The largest absolute Gasteiger partial charge is 0.461 e. The second-order valence-electron chi connectivity index (χ2n) is 12.3. The number of nitrogens with two attached hydrogens (primary N) is 1. The Bertz CT molecular complexity index is 1770. The number of benzene rings is 1. The van der Waals surface area contributed by atoms with Crippen LogP contribution in [-0.4, -0.2) is 70.8 Å². The first-order valence-corrected chi connectivity index (χ1v) is 16.8. The first kappa shape index (κ1) is 29.1. The Kier molecular flexibility index (Phi) is 7.55. The Morgan fingerprint density at radius 2 is 1.95 bits per heavy atom. The van der Waals surface area contributed by atoms with Gasteiger partial charge in [-0.25, -0.2) is 9.37 Å². The van der Waals surface area contributed by atoms with Crippen LogP contribution >= 0.6 is 11.3 Å². The maximum atomic E-state index is 16.9. The third kappa shape index (κ3) is 4.49. The number of hydrogen-bond donors (Lipinski definition) is 2. The molecule has 11 heteroatoms. The van der Waals surface area contributed by atoms with E-state index in [0.717, 1.165) is 56.0 Å². The molecule has 3 aromatic heterocycles. The van der Waals surface area contributed by atoms with Crippen molar-refractivity contribution in [3.63, 3.8) is 0 Å². The number of nitrogens with one attached hydrogen (secondary N) is 1. The van der Waals surface area contributed by atoms with E-state index in [0.29, 0.717) is 45.7 Å². The summed E-state index contributed by atoms with van der Waals surface area (Å²) in [4.78, 5) is 19.6. The fraction of sp³-hybridized carbons (Fsp3) is 0.515. The lowest BCUT2D eigenvalue weighted by atomic mass is 9.94. The molecule has 1 aromatic carbocycles. The standard InChI is InChI=1S/C31H33FN8OS.C2H6/c1-17-13-20-24-27(25(32)26(36-20)18-5-2-6-22-23(18)19(14-33)28(34)42-22)37-30(38-29(24)40-12-9-35-15-21(17)40)41-16-31-7-3-10-39(31)11-4-8-31;1-2/h2,5-6,17,21,35H,3-4,7-13,15-16,34H2,1H3;1-2H3/t17-,21?;/m0./s1. The molecule has 8 rings (SSSR count). The summed E-state index contributed by atoms with van der Waals surface area (Å²) in [6, 6.07) is 8.22. The van der Waals surface area contributed by atoms with Crippen LogP contribution in [0.5, 0.6) is 6.01 Å². The van der Waals surface area contributed by atoms with Gasteiger partial charge in [0, 0.05) is 41.3 Å². The first-order chi connectivity index (χ1) is 21.5. The number of hydrogen-bond acceptors (Lipinski definition) is 10. The Morgan fingerprint density at radius 1 is 1.16 bits per heavy atom. The zero-order valence-electron chi connectivity index (χ0n) is 25.6. The van der Waals surface area contributed by atoms with E-state index in [-0.39, 0.29) is 34.7 Å². The highest BCUT2D eigenvalue weighted by Gasteiger charge is 2.45. The van der Waals surface area contributed by atoms with Crippen molar-refractivity contribution in [2.45, 2.75) is 64.5 Å². The van der Waals surface area contributed by atoms with Gasteiger partial charge in [-0.05, 0) is 57.2 Å². The Hall–Kier alpha value is -3.59. The number of fused-ring (bicyclic) bond motifs is 4. The molecule has 2 atom stereocenters. The molecular formula is C33H39FN8OS. The molecule has 9 nitrogen and oxygen atoms in total.